The van der Waals surface area contributed by atoms with Gasteiger partial charge in [0, 0.05) is 10.6 Å². The Kier molecular flexibility index (Phi) is 6.96. The van der Waals surface area contributed by atoms with Gasteiger partial charge in [0.25, 0.3) is 0 Å². The van der Waals surface area contributed by atoms with Crippen LogP contribution in [0, 0.1) is 0 Å². The molecule has 2 heterocycles. The van der Waals surface area contributed by atoms with Gasteiger partial charge in [0.15, 0.2) is 17.1 Å². The van der Waals surface area contributed by atoms with Gasteiger partial charge in [-0.2, -0.15) is 4.98 Å². The summed E-state index contributed by atoms with van der Waals surface area (Å²) in [6.07, 6.45) is 0. The molecule has 0 spiro atoms. The van der Waals surface area contributed by atoms with E-state index < -0.39 is 0 Å². The highest BCUT2D eigenvalue weighted by molar-refractivity contribution is 6.30. The van der Waals surface area contributed by atoms with Crippen molar-refractivity contribution in [1.82, 2.24) is 19.7 Å². The first-order valence-corrected chi connectivity index (χ1v) is 11.9. The Hall–Kier alpha value is -4.50. The van der Waals surface area contributed by atoms with Crippen LogP contribution in [0.5, 0.6) is 17.2 Å². The lowest BCUT2D eigenvalue weighted by Gasteiger charge is -2.12. The number of rotatable bonds is 9. The van der Waals surface area contributed by atoms with Gasteiger partial charge < -0.3 is 25.3 Å². The van der Waals surface area contributed by atoms with E-state index in [1.807, 2.05) is 60.7 Å². The lowest BCUT2D eigenvalue weighted by molar-refractivity contribution is 0.332. The predicted molar refractivity (Wildman–Crippen MR) is 145 cm³/mol. The number of nitrogen functional groups attached to an aromatic ring is 1. The van der Waals surface area contributed by atoms with Crippen molar-refractivity contribution in [2.75, 3.05) is 38.4 Å². The van der Waals surface area contributed by atoms with Gasteiger partial charge in [-0.1, -0.05) is 29.8 Å². The molecule has 5 aromatic rings. The zero-order chi connectivity index (χ0) is 25.8. The molecule has 0 amide bonds. The fourth-order valence-electron chi connectivity index (χ4n) is 3.91. The standard InChI is InChI=1S/C27H25ClN6O3/c1-35-21-13-8-17(16-22(21)36-2)24-23-25(29)34(19-11-9-18(28)10-12-19)33-26(23)32-27(31-24)30-14-15-37-20-6-4-3-5-7-20/h3-13,16H,14-15,29H2,1-2H3,(H,30,32,33). The number of anilines is 2. The van der Waals surface area contributed by atoms with Crippen LogP contribution in [0.3, 0.4) is 0 Å². The van der Waals surface area contributed by atoms with E-state index in [9.17, 15) is 0 Å². The third-order valence-electron chi connectivity index (χ3n) is 5.69. The molecule has 0 bridgehead atoms. The highest BCUT2D eigenvalue weighted by Crippen LogP contribution is 2.37. The van der Waals surface area contributed by atoms with Crippen molar-refractivity contribution in [3.63, 3.8) is 0 Å². The second-order valence-corrected chi connectivity index (χ2v) is 8.46. The third-order valence-corrected chi connectivity index (χ3v) is 5.95. The number of ether oxygens (including phenoxy) is 3. The van der Waals surface area contributed by atoms with E-state index in [-0.39, 0.29) is 0 Å². The van der Waals surface area contributed by atoms with Crippen LogP contribution in [0.2, 0.25) is 5.02 Å². The van der Waals surface area contributed by atoms with E-state index in [2.05, 4.69) is 15.4 Å². The van der Waals surface area contributed by atoms with Crippen molar-refractivity contribution in [3.05, 3.63) is 77.8 Å². The minimum atomic E-state index is 0.398. The highest BCUT2D eigenvalue weighted by atomic mass is 35.5. The van der Waals surface area contributed by atoms with Gasteiger partial charge in [0.05, 0.1) is 37.5 Å². The number of nitrogens with zero attached hydrogens (tertiary/aromatic N) is 4. The van der Waals surface area contributed by atoms with Crippen LogP contribution in [-0.4, -0.2) is 47.1 Å². The molecule has 0 aliphatic carbocycles. The number of nitrogens with one attached hydrogen (secondary N) is 1. The van der Waals surface area contributed by atoms with Crippen molar-refractivity contribution < 1.29 is 14.2 Å². The summed E-state index contributed by atoms with van der Waals surface area (Å²) < 4.78 is 18.3. The van der Waals surface area contributed by atoms with E-state index in [4.69, 9.17) is 36.5 Å². The molecule has 2 aromatic heterocycles. The number of benzene rings is 3. The average molecular weight is 517 g/mol. The van der Waals surface area contributed by atoms with Gasteiger partial charge in [0.2, 0.25) is 5.95 Å². The summed E-state index contributed by atoms with van der Waals surface area (Å²) in [4.78, 5) is 9.44. The van der Waals surface area contributed by atoms with Gasteiger partial charge in [-0.25, -0.2) is 9.67 Å². The van der Waals surface area contributed by atoms with Gasteiger partial charge in [-0.05, 0) is 54.6 Å². The monoisotopic (exact) mass is 516 g/mol. The van der Waals surface area contributed by atoms with Crippen LogP contribution < -0.4 is 25.3 Å². The van der Waals surface area contributed by atoms with Crippen molar-refractivity contribution in [3.8, 4) is 34.2 Å². The normalized spacial score (nSPS) is 10.9. The number of para-hydroxylation sites is 1. The highest BCUT2D eigenvalue weighted by Gasteiger charge is 2.20. The predicted octanol–water partition coefficient (Wildman–Crippen LogP) is 5.23. The van der Waals surface area contributed by atoms with Crippen molar-refractivity contribution in [2.45, 2.75) is 0 Å². The minimum Gasteiger partial charge on any atom is -0.493 e. The number of halogens is 1. The van der Waals surface area contributed by atoms with Crippen LogP contribution in [0.4, 0.5) is 11.8 Å². The Morgan fingerprint density at radius 3 is 2.41 bits per heavy atom. The number of nitrogens with two attached hydrogens (primary N) is 1. The van der Waals surface area contributed by atoms with Crippen LogP contribution in [0.1, 0.15) is 0 Å². The molecule has 0 unspecified atom stereocenters. The molecule has 10 heteroatoms. The number of hydrogen-bond donors (Lipinski definition) is 2. The Morgan fingerprint density at radius 1 is 0.919 bits per heavy atom. The van der Waals surface area contributed by atoms with Crippen LogP contribution in [0.15, 0.2) is 72.8 Å². The van der Waals surface area contributed by atoms with E-state index >= 15 is 0 Å². The quantitative estimate of drug-likeness (QED) is 0.256. The summed E-state index contributed by atoms with van der Waals surface area (Å²) in [6, 6.07) is 22.4. The Labute approximate surface area is 218 Å². The molecule has 9 nitrogen and oxygen atoms in total. The largest absolute Gasteiger partial charge is 0.493 e. The fraction of sp³-hybridized carbons (Fsp3) is 0.148. The van der Waals surface area contributed by atoms with E-state index in [0.717, 1.165) is 17.0 Å². The molecule has 0 atom stereocenters. The molecule has 0 aliphatic rings. The maximum atomic E-state index is 6.60. The first-order chi connectivity index (χ1) is 18.1. The number of fused-ring (bicyclic) bond motifs is 1. The molecule has 0 aliphatic heterocycles. The third kappa shape index (κ3) is 5.07. The fourth-order valence-corrected chi connectivity index (χ4v) is 4.04. The molecule has 5 rings (SSSR count). The maximum Gasteiger partial charge on any atom is 0.225 e. The van der Waals surface area contributed by atoms with E-state index in [1.165, 1.54) is 0 Å². The molecule has 3 aromatic carbocycles. The van der Waals surface area contributed by atoms with Crippen LogP contribution in [0.25, 0.3) is 28.0 Å². The lowest BCUT2D eigenvalue weighted by atomic mass is 10.1. The summed E-state index contributed by atoms with van der Waals surface area (Å²) >= 11 is 6.07. The van der Waals surface area contributed by atoms with E-state index in [1.54, 1.807) is 31.0 Å². The smallest absolute Gasteiger partial charge is 0.225 e. The van der Waals surface area contributed by atoms with Crippen LogP contribution >= 0.6 is 11.6 Å². The molecule has 0 radical (unpaired) electrons. The SMILES string of the molecule is COc1ccc(-c2nc(NCCOc3ccccc3)nc3nn(-c4ccc(Cl)cc4)c(N)c23)cc1OC. The summed E-state index contributed by atoms with van der Waals surface area (Å²) in [5, 5.41) is 9.15. The first-order valence-electron chi connectivity index (χ1n) is 11.5. The molecule has 0 fully saturated rings. The number of aromatic nitrogens is 4. The maximum absolute atomic E-state index is 6.60. The summed E-state index contributed by atoms with van der Waals surface area (Å²) in [5.41, 5.74) is 9.18. The van der Waals surface area contributed by atoms with Crippen molar-refractivity contribution in [2.24, 2.45) is 0 Å². The van der Waals surface area contributed by atoms with Crippen molar-refractivity contribution in [1.29, 1.82) is 0 Å². The van der Waals surface area contributed by atoms with Crippen LogP contribution in [-0.2, 0) is 0 Å². The molecular weight excluding hydrogens is 492 g/mol. The Bertz CT molecular complexity index is 1520. The second kappa shape index (κ2) is 10.6. The summed E-state index contributed by atoms with van der Waals surface area (Å²) in [6.45, 7) is 0.914. The Morgan fingerprint density at radius 2 is 1.68 bits per heavy atom. The van der Waals surface area contributed by atoms with Crippen molar-refractivity contribution >= 4 is 34.4 Å². The topological polar surface area (TPSA) is 109 Å². The average Bonchev–Trinajstić information content (AvgIpc) is 3.27. The van der Waals surface area contributed by atoms with Gasteiger partial charge in [-0.15, -0.1) is 5.10 Å². The molecule has 37 heavy (non-hydrogen) atoms. The zero-order valence-corrected chi connectivity index (χ0v) is 21.1. The number of methoxy groups -OCH3 is 2. The summed E-state index contributed by atoms with van der Waals surface area (Å²) in [5.74, 6) is 2.77. The minimum absolute atomic E-state index is 0.398. The molecule has 0 saturated heterocycles. The molecular formula is C27H25ClN6O3. The lowest BCUT2D eigenvalue weighted by Crippen LogP contribution is -2.13. The zero-order valence-electron chi connectivity index (χ0n) is 20.3. The molecule has 188 valence electrons. The van der Waals surface area contributed by atoms with Gasteiger partial charge in [-0.3, -0.25) is 0 Å². The molecule has 0 saturated carbocycles. The van der Waals surface area contributed by atoms with Gasteiger partial charge in [0.1, 0.15) is 18.2 Å². The summed E-state index contributed by atoms with van der Waals surface area (Å²) in [7, 11) is 3.18. The molecule has 3 N–H and O–H groups in total. The first kappa shape index (κ1) is 24.2. The van der Waals surface area contributed by atoms with Gasteiger partial charge >= 0.3 is 0 Å². The second-order valence-electron chi connectivity index (χ2n) is 8.03. The Balaban J connectivity index is 1.54. The van der Waals surface area contributed by atoms with E-state index in [0.29, 0.717) is 58.2 Å². The number of hydrogen-bond acceptors (Lipinski definition) is 8.